The molecule has 1 aliphatic rings. The lowest BCUT2D eigenvalue weighted by atomic mass is 10.0. The number of aromatic nitrogens is 3. The molecule has 0 radical (unpaired) electrons. The third kappa shape index (κ3) is 2.06. The molecule has 1 amide bonds. The minimum Gasteiger partial charge on any atom is -0.393 e. The first-order chi connectivity index (χ1) is 11.3. The number of carbonyl (C=O) groups is 1. The van der Waals surface area contributed by atoms with Crippen LogP contribution in [0.3, 0.4) is 0 Å². The van der Waals surface area contributed by atoms with Crippen molar-refractivity contribution in [3.63, 3.8) is 0 Å². The van der Waals surface area contributed by atoms with Crippen molar-refractivity contribution in [1.29, 1.82) is 0 Å². The van der Waals surface area contributed by atoms with Crippen LogP contribution in [0.5, 0.6) is 0 Å². The molecule has 1 aliphatic heterocycles. The van der Waals surface area contributed by atoms with Crippen molar-refractivity contribution in [2.24, 2.45) is 5.73 Å². The number of hydrogen-bond acceptors (Lipinski definition) is 9. The Bertz CT molecular complexity index is 883. The molecule has 0 bridgehead atoms. The van der Waals surface area contributed by atoms with E-state index in [-0.39, 0.29) is 23.5 Å². The number of hydrogen-bond donors (Lipinski definition) is 5. The number of rotatable bonds is 3. The second-order valence-electron chi connectivity index (χ2n) is 5.37. The molecule has 1 fully saturated rings. The van der Waals surface area contributed by atoms with Crippen molar-refractivity contribution < 1.29 is 24.9 Å². The fourth-order valence-electron chi connectivity index (χ4n) is 2.79. The number of nitrogens with zero attached hydrogens (tertiary/aromatic N) is 3. The molecule has 2 aromatic heterocycles. The molecule has 1 saturated heterocycles. The van der Waals surface area contributed by atoms with Gasteiger partial charge in [0.25, 0.3) is 5.91 Å². The summed E-state index contributed by atoms with van der Waals surface area (Å²) in [4.78, 5) is 31.6. The number of carbonyl (C=O) groups excluding carboxylic acids is 1. The summed E-state index contributed by atoms with van der Waals surface area (Å²) in [7, 11) is 0. The number of fused-ring (bicyclic) bond motifs is 1. The van der Waals surface area contributed by atoms with Crippen molar-refractivity contribution in [2.45, 2.75) is 17.9 Å². The summed E-state index contributed by atoms with van der Waals surface area (Å²) in [5.41, 5.74) is 7.30. The number of nitrogens with two attached hydrogens (primary N) is 2. The molecule has 0 saturated carbocycles. The van der Waals surface area contributed by atoms with Crippen LogP contribution in [0.2, 0.25) is 0 Å². The van der Waals surface area contributed by atoms with Crippen molar-refractivity contribution in [2.75, 3.05) is 18.9 Å². The van der Waals surface area contributed by atoms with Gasteiger partial charge in [0.05, 0.1) is 13.2 Å². The van der Waals surface area contributed by atoms with Gasteiger partial charge in [0.15, 0.2) is 5.65 Å². The molecule has 0 spiro atoms. The molecule has 0 unspecified atom stereocenters. The Morgan fingerprint density at radius 3 is 2.83 bits per heavy atom. The second-order valence-corrected chi connectivity index (χ2v) is 5.37. The van der Waals surface area contributed by atoms with Crippen molar-refractivity contribution in [1.82, 2.24) is 14.5 Å². The van der Waals surface area contributed by atoms with E-state index in [0.29, 0.717) is 0 Å². The second kappa shape index (κ2) is 5.49. The first kappa shape index (κ1) is 16.3. The van der Waals surface area contributed by atoms with Crippen LogP contribution >= 0.6 is 0 Å². The molecule has 2 aromatic rings. The molecule has 3 rings (SSSR count). The monoisotopic (exact) mass is 337 g/mol. The highest BCUT2D eigenvalue weighted by Gasteiger charge is 2.52. The SMILES string of the molecule is NC(=O)c1cn([C@]2(O)[C@@H](O)CO[C@@H]2CO)c2ncnc(N)c2c1=O. The Labute approximate surface area is 134 Å². The summed E-state index contributed by atoms with van der Waals surface area (Å²) >= 11 is 0. The largest absolute Gasteiger partial charge is 0.393 e. The number of anilines is 1. The lowest BCUT2D eigenvalue weighted by Gasteiger charge is -2.33. The van der Waals surface area contributed by atoms with Gasteiger partial charge in [-0.05, 0) is 0 Å². The zero-order valence-electron chi connectivity index (χ0n) is 12.3. The van der Waals surface area contributed by atoms with Crippen LogP contribution in [0.25, 0.3) is 11.0 Å². The van der Waals surface area contributed by atoms with Crippen LogP contribution in [0.4, 0.5) is 5.82 Å². The summed E-state index contributed by atoms with van der Waals surface area (Å²) in [5, 5.41) is 30.3. The predicted molar refractivity (Wildman–Crippen MR) is 79.8 cm³/mol. The number of nitrogen functional groups attached to an aromatic ring is 1. The summed E-state index contributed by atoms with van der Waals surface area (Å²) in [6.45, 7) is -0.907. The van der Waals surface area contributed by atoms with E-state index >= 15 is 0 Å². The van der Waals surface area contributed by atoms with E-state index < -0.39 is 41.4 Å². The topological polar surface area (TPSA) is 187 Å². The molecule has 11 heteroatoms. The highest BCUT2D eigenvalue weighted by Crippen LogP contribution is 2.33. The average Bonchev–Trinajstić information content (AvgIpc) is 2.83. The maximum Gasteiger partial charge on any atom is 0.254 e. The zero-order chi connectivity index (χ0) is 17.6. The lowest BCUT2D eigenvalue weighted by Crippen LogP contribution is -2.51. The first-order valence-corrected chi connectivity index (χ1v) is 6.91. The van der Waals surface area contributed by atoms with Gasteiger partial charge in [0, 0.05) is 6.20 Å². The number of aliphatic hydroxyl groups is 3. The zero-order valence-corrected chi connectivity index (χ0v) is 12.3. The third-order valence-electron chi connectivity index (χ3n) is 4.05. The van der Waals surface area contributed by atoms with Gasteiger partial charge in [-0.3, -0.25) is 14.2 Å². The Hall–Kier alpha value is -2.60. The molecule has 7 N–H and O–H groups in total. The van der Waals surface area contributed by atoms with E-state index in [1.807, 2.05) is 0 Å². The van der Waals surface area contributed by atoms with E-state index in [2.05, 4.69) is 9.97 Å². The Morgan fingerprint density at radius 1 is 1.50 bits per heavy atom. The number of amides is 1. The van der Waals surface area contributed by atoms with Crippen molar-refractivity contribution in [3.8, 4) is 0 Å². The maximum atomic E-state index is 12.4. The van der Waals surface area contributed by atoms with Gasteiger partial charge < -0.3 is 31.5 Å². The van der Waals surface area contributed by atoms with Crippen LogP contribution in [-0.2, 0) is 10.5 Å². The summed E-state index contributed by atoms with van der Waals surface area (Å²) < 4.78 is 6.11. The fourth-order valence-corrected chi connectivity index (χ4v) is 2.79. The molecule has 24 heavy (non-hydrogen) atoms. The summed E-state index contributed by atoms with van der Waals surface area (Å²) in [6.07, 6.45) is -0.677. The van der Waals surface area contributed by atoms with Gasteiger partial charge in [0.1, 0.15) is 35.3 Å². The van der Waals surface area contributed by atoms with Gasteiger partial charge >= 0.3 is 0 Å². The molecule has 0 aromatic carbocycles. The molecule has 11 nitrogen and oxygen atoms in total. The third-order valence-corrected chi connectivity index (χ3v) is 4.05. The Morgan fingerprint density at radius 2 is 2.21 bits per heavy atom. The summed E-state index contributed by atoms with van der Waals surface area (Å²) in [6, 6.07) is 0. The maximum absolute atomic E-state index is 12.4. The first-order valence-electron chi connectivity index (χ1n) is 6.91. The van der Waals surface area contributed by atoms with E-state index in [0.717, 1.165) is 17.1 Å². The summed E-state index contributed by atoms with van der Waals surface area (Å²) in [5.74, 6) is -1.28. The number of pyridine rings is 1. The van der Waals surface area contributed by atoms with Crippen LogP contribution in [0.1, 0.15) is 10.4 Å². The van der Waals surface area contributed by atoms with E-state index in [1.165, 1.54) is 0 Å². The number of ether oxygens (including phenoxy) is 1. The molecular weight excluding hydrogens is 322 g/mol. The van der Waals surface area contributed by atoms with Crippen LogP contribution in [0, 0.1) is 0 Å². The van der Waals surface area contributed by atoms with E-state index in [1.54, 1.807) is 0 Å². The van der Waals surface area contributed by atoms with Gasteiger partial charge in [-0.1, -0.05) is 0 Å². The van der Waals surface area contributed by atoms with Gasteiger partial charge in [0.2, 0.25) is 11.2 Å². The Balaban J connectivity index is 2.44. The molecule has 0 aliphatic carbocycles. The molecule has 128 valence electrons. The van der Waals surface area contributed by atoms with E-state index in [4.69, 9.17) is 16.2 Å². The average molecular weight is 337 g/mol. The quantitative estimate of drug-likeness (QED) is 0.386. The van der Waals surface area contributed by atoms with Crippen LogP contribution in [0.15, 0.2) is 17.3 Å². The lowest BCUT2D eigenvalue weighted by molar-refractivity contribution is -0.148. The van der Waals surface area contributed by atoms with Crippen LogP contribution < -0.4 is 16.9 Å². The smallest absolute Gasteiger partial charge is 0.254 e. The molecule has 3 atom stereocenters. The van der Waals surface area contributed by atoms with Crippen molar-refractivity contribution in [3.05, 3.63) is 28.3 Å². The highest BCUT2D eigenvalue weighted by molar-refractivity contribution is 5.97. The van der Waals surface area contributed by atoms with Gasteiger partial charge in [-0.2, -0.15) is 0 Å². The van der Waals surface area contributed by atoms with Crippen LogP contribution in [-0.4, -0.2) is 61.2 Å². The highest BCUT2D eigenvalue weighted by atomic mass is 16.6. The fraction of sp³-hybridized carbons (Fsp3) is 0.385. The van der Waals surface area contributed by atoms with Crippen molar-refractivity contribution >= 4 is 22.8 Å². The minimum atomic E-state index is -2.19. The normalized spacial score (nSPS) is 26.8. The molecule has 3 heterocycles. The standard InChI is InChI=1S/C13H15N5O6/c14-10-8-9(21)5(11(15)22)1-18(12(8)17-4-16-10)13(23)6(20)3-24-7(13)2-19/h1,4,6-7,19-20,23H,2-3H2,(H2,15,22)(H2,14,16,17)/t6-,7+,13-/m0/s1. The van der Waals surface area contributed by atoms with Gasteiger partial charge in [-0.25, -0.2) is 9.97 Å². The number of aliphatic hydroxyl groups excluding tert-OH is 2. The predicted octanol–water partition coefficient (Wildman–Crippen LogP) is -3.13. The van der Waals surface area contributed by atoms with Gasteiger partial charge in [-0.15, -0.1) is 0 Å². The van der Waals surface area contributed by atoms with E-state index in [9.17, 15) is 24.9 Å². The Kier molecular flexibility index (Phi) is 3.72. The minimum absolute atomic E-state index is 0.136. The molecular formula is C13H15N5O6. The number of primary amides is 1.